The number of rotatable bonds is 25. The van der Waals surface area contributed by atoms with Crippen molar-refractivity contribution in [1.82, 2.24) is 0 Å². The van der Waals surface area contributed by atoms with Gasteiger partial charge in [-0.3, -0.25) is 23.0 Å². The van der Waals surface area contributed by atoms with Crippen LogP contribution in [0.1, 0.15) is 95.6 Å². The average molecular weight is 1190 g/mol. The van der Waals surface area contributed by atoms with Gasteiger partial charge in [0.1, 0.15) is 6.54 Å². The third kappa shape index (κ3) is 15.2. The fourth-order valence-corrected chi connectivity index (χ4v) is 13.0. The van der Waals surface area contributed by atoms with Crippen LogP contribution in [0.15, 0.2) is 83.5 Å². The molecule has 16 nitrogen and oxygen atoms in total. The zero-order valence-electron chi connectivity index (χ0n) is 35.4. The molecule has 0 saturated heterocycles. The number of unbranched alkanes of at least 4 members (excludes halogenated alkanes) is 4. The molecule has 0 fully saturated rings. The second kappa shape index (κ2) is 22.5. The number of aliphatic carboxylic acids is 1. The summed E-state index contributed by atoms with van der Waals surface area (Å²) in [6.45, 7) is 4.56. The van der Waals surface area contributed by atoms with Crippen molar-refractivity contribution in [2.75, 3.05) is 35.2 Å². The minimum absolute atomic E-state index is 0.0730. The zero-order valence-corrected chi connectivity index (χ0v) is 43.0. The fraction of sp³-hybridized carbons (Fsp3) is 0.476. The molecular weight excluding hydrogens is 1140 g/mol. The van der Waals surface area contributed by atoms with Gasteiger partial charge in [-0.1, -0.05) is 49.6 Å². The summed E-state index contributed by atoms with van der Waals surface area (Å²) >= 11 is 4.56. The summed E-state index contributed by atoms with van der Waals surface area (Å²) in [4.78, 5) is 12.9. The highest BCUT2D eigenvalue weighted by Crippen LogP contribution is 2.53. The molecule has 4 rings (SSSR count). The van der Waals surface area contributed by atoms with E-state index in [1.54, 1.807) is 24.3 Å². The average Bonchev–Trinajstić information content (AvgIpc) is 3.52. The van der Waals surface area contributed by atoms with E-state index in [2.05, 4.69) is 63.1 Å². The Morgan fingerprint density at radius 1 is 0.703 bits per heavy atom. The molecule has 354 valence electrons. The Hall–Kier alpha value is -2.56. The van der Waals surface area contributed by atoms with Crippen molar-refractivity contribution >= 4 is 109 Å². The van der Waals surface area contributed by atoms with Gasteiger partial charge in [0.2, 0.25) is 5.69 Å². The van der Waals surface area contributed by atoms with Crippen molar-refractivity contribution in [3.05, 3.63) is 96.8 Å². The highest BCUT2D eigenvalue weighted by atomic mass is 127. The van der Waals surface area contributed by atoms with Gasteiger partial charge in [-0.05, 0) is 128 Å². The van der Waals surface area contributed by atoms with Crippen LogP contribution in [0, 0.1) is 7.14 Å². The Morgan fingerprint density at radius 3 is 1.91 bits per heavy atom. The summed E-state index contributed by atoms with van der Waals surface area (Å²) in [6.07, 6.45) is 16.9. The van der Waals surface area contributed by atoms with E-state index in [4.69, 9.17) is 0 Å². The van der Waals surface area contributed by atoms with Gasteiger partial charge in [-0.15, -0.1) is 0 Å². The Labute approximate surface area is 404 Å². The molecule has 0 saturated carbocycles. The number of allylic oxidation sites excluding steroid dienone is 8. The number of carbonyl (C=O) groups is 1. The van der Waals surface area contributed by atoms with Gasteiger partial charge in [0, 0.05) is 66.6 Å². The molecule has 0 radical (unpaired) electrons. The predicted octanol–water partition coefficient (Wildman–Crippen LogP) is 7.87. The molecule has 2 aromatic carbocycles. The number of benzene rings is 2. The Kier molecular flexibility index (Phi) is 19.0. The van der Waals surface area contributed by atoms with Crippen LogP contribution in [0.4, 0.5) is 11.4 Å². The first-order valence-electron chi connectivity index (χ1n) is 20.5. The van der Waals surface area contributed by atoms with Gasteiger partial charge >= 0.3 is 5.97 Å². The van der Waals surface area contributed by atoms with E-state index in [0.717, 1.165) is 30.5 Å². The molecule has 0 spiro atoms. The molecule has 0 aromatic heterocycles. The van der Waals surface area contributed by atoms with Crippen molar-refractivity contribution in [3.63, 3.8) is 0 Å². The van der Waals surface area contributed by atoms with Gasteiger partial charge in [0.25, 0.3) is 40.5 Å². The molecule has 5 N–H and O–H groups in total. The Bertz CT molecular complexity index is 2680. The van der Waals surface area contributed by atoms with Crippen LogP contribution in [0.5, 0.6) is 0 Å². The van der Waals surface area contributed by atoms with Gasteiger partial charge < -0.3 is 10.0 Å². The molecule has 0 bridgehead atoms. The van der Waals surface area contributed by atoms with E-state index in [0.29, 0.717) is 62.0 Å². The second-order valence-electron chi connectivity index (χ2n) is 16.3. The molecule has 64 heavy (non-hydrogen) atoms. The van der Waals surface area contributed by atoms with Crippen LogP contribution in [0.2, 0.25) is 0 Å². The normalized spacial score (nSPS) is 20.1. The number of hydrogen-bond donors (Lipinski definition) is 5. The number of carboxylic acids is 1. The van der Waals surface area contributed by atoms with Crippen LogP contribution in [0.3, 0.4) is 0 Å². The van der Waals surface area contributed by atoms with Crippen LogP contribution >= 0.6 is 45.2 Å². The molecule has 2 aliphatic heterocycles. The first-order valence-corrected chi connectivity index (χ1v) is 28.9. The molecule has 22 heteroatoms. The third-order valence-electron chi connectivity index (χ3n) is 11.4. The van der Waals surface area contributed by atoms with Gasteiger partial charge in [-0.2, -0.15) is 38.2 Å². The lowest BCUT2D eigenvalue weighted by Gasteiger charge is -2.31. The maximum absolute atomic E-state index is 12.3. The van der Waals surface area contributed by atoms with E-state index in [9.17, 15) is 61.8 Å². The maximum Gasteiger partial charge on any atom is 0.303 e. The van der Waals surface area contributed by atoms with E-state index in [1.165, 1.54) is 12.1 Å². The number of halogens is 2. The number of anilines is 1. The summed E-state index contributed by atoms with van der Waals surface area (Å²) in [5.74, 6) is -2.20. The SMILES string of the molecule is CC1(CCCCS(=O)(=O)O)C(/C=C/C=C/C=C/C=C2\N(CCCS(=O)(=O)O)c3cc(I)cc(I)c3C2(C)CCCCCC(=O)O)=[N+](CCCCS(=O)(=O)O)c2ccc(S(=O)(=O)O)cc21. The Balaban J connectivity index is 1.72. The summed E-state index contributed by atoms with van der Waals surface area (Å²) in [7, 11) is -17.3. The van der Waals surface area contributed by atoms with Gasteiger partial charge in [0.15, 0.2) is 5.71 Å². The Morgan fingerprint density at radius 2 is 1.28 bits per heavy atom. The van der Waals surface area contributed by atoms with Crippen LogP contribution in [0.25, 0.3) is 0 Å². The van der Waals surface area contributed by atoms with E-state index in [1.807, 2.05) is 41.9 Å². The monoisotopic (exact) mass is 1190 g/mol. The lowest BCUT2D eigenvalue weighted by molar-refractivity contribution is -0.438. The number of fused-ring (bicyclic) bond motifs is 2. The van der Waals surface area contributed by atoms with Crippen molar-refractivity contribution in [2.24, 2.45) is 0 Å². The number of nitrogens with zero attached hydrogens (tertiary/aromatic N) is 2. The molecule has 0 aliphatic carbocycles. The molecule has 2 heterocycles. The summed E-state index contributed by atoms with van der Waals surface area (Å²) < 4.78 is 136. The van der Waals surface area contributed by atoms with Crippen LogP contribution < -0.4 is 4.90 Å². The lowest BCUT2D eigenvalue weighted by Crippen LogP contribution is -2.31. The maximum atomic E-state index is 12.3. The largest absolute Gasteiger partial charge is 0.481 e. The standard InChI is InChI=1S/C42H54I2N2O14S4/c1-41(21-11-13-25-61(49,50)51)33-30-32(64(58,59)60)19-20-35(33)45(23-12-14-26-62(52,53)54)37(41)16-7-4-3-5-8-17-38-42(2,22-10-6-9-18-39(47)48)40-34(44)28-31(43)29-36(40)46(38)24-15-27-63(55,56)57/h3-5,7-8,16-17,19-20,28-30H,6,9-15,18,21-27H2,1-2H3,(H4-,47,48,49,50,51,52,53,54,55,56,57,58,59,60)/p+1. The minimum Gasteiger partial charge on any atom is -0.481 e. The topological polar surface area (TPSA) is 261 Å². The molecule has 2 atom stereocenters. The lowest BCUT2D eigenvalue weighted by atomic mass is 9.75. The summed E-state index contributed by atoms with van der Waals surface area (Å²) in [5, 5.41) is 9.17. The van der Waals surface area contributed by atoms with Crippen molar-refractivity contribution < 1.29 is 66.4 Å². The molecular formula is C42H55I2N2O14S4+. The van der Waals surface area contributed by atoms with Crippen molar-refractivity contribution in [3.8, 4) is 0 Å². The smallest absolute Gasteiger partial charge is 0.303 e. The minimum atomic E-state index is -4.61. The second-order valence-corrected chi connectivity index (χ2v) is 24.8. The predicted molar refractivity (Wildman–Crippen MR) is 263 cm³/mol. The van der Waals surface area contributed by atoms with Crippen molar-refractivity contribution in [2.45, 2.75) is 100 Å². The molecule has 2 unspecified atom stereocenters. The van der Waals surface area contributed by atoms with E-state index >= 15 is 0 Å². The zero-order chi connectivity index (χ0) is 47.7. The summed E-state index contributed by atoms with van der Waals surface area (Å²) in [6, 6.07) is 8.29. The van der Waals surface area contributed by atoms with Gasteiger partial charge in [-0.25, -0.2) is 0 Å². The molecule has 0 amide bonds. The first-order chi connectivity index (χ1) is 29.7. The highest BCUT2D eigenvalue weighted by molar-refractivity contribution is 14.1. The molecule has 2 aromatic rings. The number of hydrogen-bond acceptors (Lipinski definition) is 10. The quantitative estimate of drug-likeness (QED) is 0.0208. The summed E-state index contributed by atoms with van der Waals surface area (Å²) in [5.41, 5.74) is 3.27. The van der Waals surface area contributed by atoms with Crippen molar-refractivity contribution in [1.29, 1.82) is 0 Å². The fourth-order valence-electron chi connectivity index (χ4n) is 8.48. The van der Waals surface area contributed by atoms with Crippen LogP contribution in [-0.2, 0) is 56.1 Å². The van der Waals surface area contributed by atoms with Gasteiger partial charge in [0.05, 0.1) is 27.6 Å². The third-order valence-corrected chi connectivity index (χ3v) is 16.1. The first kappa shape index (κ1) is 54.0. The molecule has 2 aliphatic rings. The van der Waals surface area contributed by atoms with E-state index < -0.39 is 74.5 Å². The number of carboxylic acid groups (broad SMARTS) is 1. The highest BCUT2D eigenvalue weighted by Gasteiger charge is 2.48. The van der Waals surface area contributed by atoms with Crippen LogP contribution in [-0.4, -0.2) is 104 Å². The van der Waals surface area contributed by atoms with E-state index in [-0.39, 0.29) is 37.1 Å².